The molecule has 0 spiro atoms. The zero-order valence-electron chi connectivity index (χ0n) is 11.8. The highest BCUT2D eigenvalue weighted by Gasteiger charge is 2.18. The lowest BCUT2D eigenvalue weighted by atomic mass is 10.1. The molecule has 0 aromatic heterocycles. The minimum atomic E-state index is -3.50. The van der Waals surface area contributed by atoms with Crippen molar-refractivity contribution >= 4 is 10.0 Å². The maximum absolute atomic E-state index is 12.1. The Balaban J connectivity index is 3.03. The number of nitrogens with one attached hydrogen (secondary N) is 1. The molecule has 0 bridgehead atoms. The van der Waals surface area contributed by atoms with Gasteiger partial charge < -0.3 is 9.47 Å². The van der Waals surface area contributed by atoms with Crippen LogP contribution in [0.4, 0.5) is 0 Å². The van der Waals surface area contributed by atoms with Gasteiger partial charge >= 0.3 is 0 Å². The Morgan fingerprint density at radius 1 is 1.21 bits per heavy atom. The van der Waals surface area contributed by atoms with Crippen LogP contribution in [-0.4, -0.2) is 35.3 Å². The van der Waals surface area contributed by atoms with Crippen molar-refractivity contribution in [2.24, 2.45) is 0 Å². The van der Waals surface area contributed by atoms with E-state index in [-0.39, 0.29) is 11.4 Å². The number of sulfonamides is 1. The summed E-state index contributed by atoms with van der Waals surface area (Å²) < 4.78 is 37.1. The van der Waals surface area contributed by atoms with Crippen molar-refractivity contribution < 1.29 is 17.9 Å². The van der Waals surface area contributed by atoms with Gasteiger partial charge in [0.2, 0.25) is 10.0 Å². The third-order valence-corrected chi connectivity index (χ3v) is 4.26. The van der Waals surface area contributed by atoms with Crippen molar-refractivity contribution in [2.75, 3.05) is 26.9 Å². The van der Waals surface area contributed by atoms with E-state index >= 15 is 0 Å². The van der Waals surface area contributed by atoms with Gasteiger partial charge in [0.05, 0.1) is 18.1 Å². The van der Waals surface area contributed by atoms with E-state index in [9.17, 15) is 8.42 Å². The van der Waals surface area contributed by atoms with E-state index in [1.165, 1.54) is 7.11 Å². The van der Waals surface area contributed by atoms with Gasteiger partial charge in [-0.25, -0.2) is 13.1 Å². The summed E-state index contributed by atoms with van der Waals surface area (Å²) in [5.41, 5.74) is 1.47. The molecule has 0 radical (unpaired) electrons. The van der Waals surface area contributed by atoms with Crippen LogP contribution in [0.2, 0.25) is 0 Å². The first kappa shape index (κ1) is 15.9. The average Bonchev–Trinajstić information content (AvgIpc) is 2.33. The van der Waals surface area contributed by atoms with Gasteiger partial charge in [-0.1, -0.05) is 0 Å². The maximum Gasteiger partial charge on any atom is 0.240 e. The van der Waals surface area contributed by atoms with E-state index in [1.54, 1.807) is 19.1 Å². The van der Waals surface area contributed by atoms with Gasteiger partial charge in [0, 0.05) is 13.7 Å². The molecule has 0 heterocycles. The van der Waals surface area contributed by atoms with Gasteiger partial charge in [-0.15, -0.1) is 0 Å². The number of methoxy groups -OCH3 is 1. The van der Waals surface area contributed by atoms with Crippen LogP contribution in [0.1, 0.15) is 18.1 Å². The molecule has 0 aliphatic rings. The van der Waals surface area contributed by atoms with Gasteiger partial charge in [0.25, 0.3) is 0 Å². The number of hydrogen-bond donors (Lipinski definition) is 1. The van der Waals surface area contributed by atoms with Gasteiger partial charge in [0.15, 0.2) is 0 Å². The van der Waals surface area contributed by atoms with Crippen LogP contribution >= 0.6 is 0 Å². The van der Waals surface area contributed by atoms with Crippen molar-refractivity contribution in [1.29, 1.82) is 0 Å². The zero-order chi connectivity index (χ0) is 14.5. The molecule has 1 N–H and O–H groups in total. The molecule has 0 aliphatic carbocycles. The molecule has 0 saturated heterocycles. The first-order valence-electron chi connectivity index (χ1n) is 6.15. The van der Waals surface area contributed by atoms with Crippen LogP contribution in [-0.2, 0) is 14.8 Å². The number of rotatable bonds is 7. The Labute approximate surface area is 115 Å². The molecule has 1 rings (SSSR count). The van der Waals surface area contributed by atoms with E-state index in [0.29, 0.717) is 18.8 Å². The fourth-order valence-corrected chi connectivity index (χ4v) is 3.04. The van der Waals surface area contributed by atoms with Gasteiger partial charge in [-0.3, -0.25) is 0 Å². The Hall–Kier alpha value is -1.11. The maximum atomic E-state index is 12.1. The number of hydrogen-bond acceptors (Lipinski definition) is 4. The normalized spacial score (nSPS) is 11.6. The second-order valence-electron chi connectivity index (χ2n) is 4.21. The molecule has 0 unspecified atom stereocenters. The summed E-state index contributed by atoms with van der Waals surface area (Å²) >= 11 is 0. The predicted octanol–water partition coefficient (Wildman–Crippen LogP) is 1.63. The van der Waals surface area contributed by atoms with Crippen LogP contribution < -0.4 is 9.46 Å². The van der Waals surface area contributed by atoms with Gasteiger partial charge in [-0.2, -0.15) is 0 Å². The minimum Gasteiger partial charge on any atom is -0.494 e. The van der Waals surface area contributed by atoms with Crippen molar-refractivity contribution in [2.45, 2.75) is 25.7 Å². The van der Waals surface area contributed by atoms with Crippen LogP contribution in [0.5, 0.6) is 5.75 Å². The van der Waals surface area contributed by atoms with E-state index in [1.807, 2.05) is 13.8 Å². The molecule has 5 nitrogen and oxygen atoms in total. The standard InChI is InChI=1S/C13H21NO4S/c1-5-18-12-8-11(3)13(9-10(12)2)19(15,16)14-6-7-17-4/h8-9,14H,5-7H2,1-4H3. The molecular weight excluding hydrogens is 266 g/mol. The van der Waals surface area contributed by atoms with E-state index < -0.39 is 10.0 Å². The fourth-order valence-electron chi connectivity index (χ4n) is 1.72. The lowest BCUT2D eigenvalue weighted by molar-refractivity contribution is 0.204. The molecule has 6 heteroatoms. The zero-order valence-corrected chi connectivity index (χ0v) is 12.6. The quantitative estimate of drug-likeness (QED) is 0.774. The lowest BCUT2D eigenvalue weighted by Crippen LogP contribution is -2.27. The predicted molar refractivity (Wildman–Crippen MR) is 74.1 cm³/mol. The summed E-state index contributed by atoms with van der Waals surface area (Å²) in [6, 6.07) is 3.39. The first-order valence-corrected chi connectivity index (χ1v) is 7.63. The topological polar surface area (TPSA) is 64.6 Å². The Morgan fingerprint density at radius 2 is 1.89 bits per heavy atom. The molecule has 1 aromatic carbocycles. The smallest absolute Gasteiger partial charge is 0.240 e. The Morgan fingerprint density at radius 3 is 2.47 bits per heavy atom. The molecule has 108 valence electrons. The van der Waals surface area contributed by atoms with Crippen LogP contribution in [0.3, 0.4) is 0 Å². The van der Waals surface area contributed by atoms with E-state index in [0.717, 1.165) is 11.3 Å². The largest absolute Gasteiger partial charge is 0.494 e. The molecule has 0 amide bonds. The highest BCUT2D eigenvalue weighted by Crippen LogP contribution is 2.25. The summed E-state index contributed by atoms with van der Waals surface area (Å²) in [7, 11) is -1.97. The molecule has 0 fully saturated rings. The summed E-state index contributed by atoms with van der Waals surface area (Å²) in [5.74, 6) is 0.718. The minimum absolute atomic E-state index is 0.254. The van der Waals surface area contributed by atoms with Crippen molar-refractivity contribution in [3.63, 3.8) is 0 Å². The second-order valence-corrected chi connectivity index (χ2v) is 5.94. The summed E-state index contributed by atoms with van der Waals surface area (Å²) in [5, 5.41) is 0. The number of aryl methyl sites for hydroxylation is 2. The van der Waals surface area contributed by atoms with E-state index in [4.69, 9.17) is 9.47 Å². The SMILES string of the molecule is CCOc1cc(C)c(S(=O)(=O)NCCOC)cc1C. The molecule has 0 saturated carbocycles. The third kappa shape index (κ3) is 4.19. The Kier molecular flexibility index (Phi) is 5.78. The monoisotopic (exact) mass is 287 g/mol. The van der Waals surface area contributed by atoms with Gasteiger partial charge in [-0.05, 0) is 44.0 Å². The lowest BCUT2D eigenvalue weighted by Gasteiger charge is -2.13. The van der Waals surface area contributed by atoms with Crippen LogP contribution in [0.25, 0.3) is 0 Å². The second kappa shape index (κ2) is 6.88. The van der Waals surface area contributed by atoms with Crippen molar-refractivity contribution in [1.82, 2.24) is 4.72 Å². The molecule has 1 aromatic rings. The number of ether oxygens (including phenoxy) is 2. The molecule has 0 aliphatic heterocycles. The van der Waals surface area contributed by atoms with Crippen LogP contribution in [0, 0.1) is 13.8 Å². The molecule has 0 atom stereocenters. The Bertz CT molecular complexity index is 526. The summed E-state index contributed by atoms with van der Waals surface area (Å²) in [6.07, 6.45) is 0. The first-order chi connectivity index (χ1) is 8.92. The number of benzene rings is 1. The molecular formula is C13H21NO4S. The van der Waals surface area contributed by atoms with Gasteiger partial charge in [0.1, 0.15) is 5.75 Å². The average molecular weight is 287 g/mol. The highest BCUT2D eigenvalue weighted by atomic mass is 32.2. The van der Waals surface area contributed by atoms with Crippen molar-refractivity contribution in [3.05, 3.63) is 23.3 Å². The van der Waals surface area contributed by atoms with E-state index in [2.05, 4.69) is 4.72 Å². The van der Waals surface area contributed by atoms with Crippen molar-refractivity contribution in [3.8, 4) is 5.75 Å². The highest BCUT2D eigenvalue weighted by molar-refractivity contribution is 7.89. The third-order valence-electron chi connectivity index (χ3n) is 2.66. The summed E-state index contributed by atoms with van der Waals surface area (Å²) in [6.45, 7) is 6.63. The van der Waals surface area contributed by atoms with Crippen LogP contribution in [0.15, 0.2) is 17.0 Å². The molecule has 19 heavy (non-hydrogen) atoms. The summed E-state index contributed by atoms with van der Waals surface area (Å²) in [4.78, 5) is 0.282. The fraction of sp³-hybridized carbons (Fsp3) is 0.538.